The summed E-state index contributed by atoms with van der Waals surface area (Å²) in [5, 5.41) is 0. The highest BCUT2D eigenvalue weighted by Gasteiger charge is 2.19. The fraction of sp³-hybridized carbons (Fsp3) is 0.400. The standard InChI is InChI=1S/C10H11BrF2O2S/c1-6-3-7(10(13)4-9(6)12)8(11)5-16(2,14)15/h3-4,8H,5H2,1-2H3. The van der Waals surface area contributed by atoms with Gasteiger partial charge in [-0.15, -0.1) is 0 Å². The molecule has 0 aliphatic carbocycles. The predicted molar refractivity (Wildman–Crippen MR) is 62.5 cm³/mol. The number of sulfone groups is 1. The minimum absolute atomic E-state index is 0.157. The summed E-state index contributed by atoms with van der Waals surface area (Å²) in [5.74, 6) is -1.61. The Morgan fingerprint density at radius 1 is 1.31 bits per heavy atom. The Labute approximate surface area is 102 Å². The maximum absolute atomic E-state index is 13.4. The molecule has 0 heterocycles. The van der Waals surface area contributed by atoms with E-state index in [2.05, 4.69) is 15.9 Å². The van der Waals surface area contributed by atoms with E-state index in [9.17, 15) is 17.2 Å². The van der Waals surface area contributed by atoms with Crippen LogP contribution in [0.3, 0.4) is 0 Å². The summed E-state index contributed by atoms with van der Waals surface area (Å²) >= 11 is 3.09. The lowest BCUT2D eigenvalue weighted by Crippen LogP contribution is -2.10. The predicted octanol–water partition coefficient (Wildman–Crippen LogP) is 2.75. The molecule has 0 radical (unpaired) electrons. The molecule has 0 spiro atoms. The summed E-state index contributed by atoms with van der Waals surface area (Å²) in [7, 11) is -3.22. The van der Waals surface area contributed by atoms with E-state index in [1.807, 2.05) is 0 Å². The Hall–Kier alpha value is -0.490. The molecular formula is C10H11BrF2O2S. The first-order chi connectivity index (χ1) is 7.20. The molecule has 1 aromatic rings. The molecular weight excluding hydrogens is 302 g/mol. The first-order valence-corrected chi connectivity index (χ1v) is 7.45. The van der Waals surface area contributed by atoms with Crippen LogP contribution in [0.25, 0.3) is 0 Å². The van der Waals surface area contributed by atoms with Gasteiger partial charge in [-0.2, -0.15) is 0 Å². The Morgan fingerprint density at radius 2 is 1.88 bits per heavy atom. The van der Waals surface area contributed by atoms with E-state index in [1.54, 1.807) is 0 Å². The molecule has 1 rings (SSSR count). The van der Waals surface area contributed by atoms with Gasteiger partial charge in [0.2, 0.25) is 0 Å². The van der Waals surface area contributed by atoms with Gasteiger partial charge in [0.05, 0.1) is 10.6 Å². The molecule has 90 valence electrons. The van der Waals surface area contributed by atoms with Crippen LogP contribution in [0.4, 0.5) is 8.78 Å². The third-order valence-corrected chi connectivity index (χ3v) is 4.25. The fourth-order valence-electron chi connectivity index (χ4n) is 1.28. The molecule has 0 aliphatic rings. The van der Waals surface area contributed by atoms with Crippen molar-refractivity contribution in [3.63, 3.8) is 0 Å². The first-order valence-electron chi connectivity index (χ1n) is 4.48. The highest BCUT2D eigenvalue weighted by atomic mass is 79.9. The number of hydrogen-bond donors (Lipinski definition) is 0. The second-order valence-electron chi connectivity index (χ2n) is 3.68. The molecule has 1 unspecified atom stereocenters. The zero-order valence-electron chi connectivity index (χ0n) is 8.80. The smallest absolute Gasteiger partial charge is 0.148 e. The zero-order chi connectivity index (χ0) is 12.5. The summed E-state index contributed by atoms with van der Waals surface area (Å²) in [6.45, 7) is 1.50. The summed E-state index contributed by atoms with van der Waals surface area (Å²) in [6.07, 6.45) is 1.07. The van der Waals surface area contributed by atoms with E-state index in [4.69, 9.17) is 0 Å². The molecule has 2 nitrogen and oxygen atoms in total. The minimum Gasteiger partial charge on any atom is -0.229 e. The quantitative estimate of drug-likeness (QED) is 0.804. The molecule has 0 saturated heterocycles. The van der Waals surface area contributed by atoms with Crippen molar-refractivity contribution in [2.75, 3.05) is 12.0 Å². The molecule has 0 fully saturated rings. The van der Waals surface area contributed by atoms with Gasteiger partial charge in [0.1, 0.15) is 21.5 Å². The van der Waals surface area contributed by atoms with Crippen LogP contribution in [0.5, 0.6) is 0 Å². The normalized spacial score (nSPS) is 13.8. The van der Waals surface area contributed by atoms with E-state index < -0.39 is 26.3 Å². The van der Waals surface area contributed by atoms with Crippen LogP contribution in [0.1, 0.15) is 16.0 Å². The van der Waals surface area contributed by atoms with E-state index in [0.717, 1.165) is 12.3 Å². The maximum atomic E-state index is 13.4. The van der Waals surface area contributed by atoms with Crippen LogP contribution in [0.2, 0.25) is 0 Å². The second kappa shape index (κ2) is 4.79. The number of aryl methyl sites for hydroxylation is 1. The number of halogens is 3. The zero-order valence-corrected chi connectivity index (χ0v) is 11.2. The molecule has 0 saturated carbocycles. The van der Waals surface area contributed by atoms with Crippen molar-refractivity contribution in [1.82, 2.24) is 0 Å². The van der Waals surface area contributed by atoms with Gasteiger partial charge in [0.15, 0.2) is 0 Å². The Balaban J connectivity index is 3.09. The van der Waals surface area contributed by atoms with Gasteiger partial charge in [0, 0.05) is 17.9 Å². The van der Waals surface area contributed by atoms with Crippen LogP contribution in [-0.2, 0) is 9.84 Å². The number of alkyl halides is 1. The average molecular weight is 313 g/mol. The van der Waals surface area contributed by atoms with E-state index >= 15 is 0 Å². The lowest BCUT2D eigenvalue weighted by molar-refractivity contribution is 0.566. The van der Waals surface area contributed by atoms with Crippen molar-refractivity contribution in [2.45, 2.75) is 11.8 Å². The second-order valence-corrected chi connectivity index (χ2v) is 6.97. The van der Waals surface area contributed by atoms with E-state index in [-0.39, 0.29) is 16.9 Å². The number of rotatable bonds is 3. The molecule has 0 N–H and O–H groups in total. The fourth-order valence-corrected chi connectivity index (χ4v) is 3.78. The van der Waals surface area contributed by atoms with Gasteiger partial charge in [-0.1, -0.05) is 15.9 Å². The SMILES string of the molecule is Cc1cc(C(Br)CS(C)(=O)=O)c(F)cc1F. The molecule has 6 heteroatoms. The van der Waals surface area contributed by atoms with Gasteiger partial charge in [0.25, 0.3) is 0 Å². The molecule has 0 bridgehead atoms. The van der Waals surface area contributed by atoms with E-state index in [1.165, 1.54) is 13.0 Å². The summed E-state index contributed by atoms with van der Waals surface area (Å²) in [5.41, 5.74) is 0.443. The molecule has 1 aromatic carbocycles. The highest BCUT2D eigenvalue weighted by Crippen LogP contribution is 2.28. The van der Waals surface area contributed by atoms with Gasteiger partial charge in [-0.05, 0) is 18.6 Å². The van der Waals surface area contributed by atoms with Crippen LogP contribution in [-0.4, -0.2) is 20.4 Å². The summed E-state index contributed by atoms with van der Waals surface area (Å²) in [6, 6.07) is 2.08. The van der Waals surface area contributed by atoms with Crippen molar-refractivity contribution in [3.8, 4) is 0 Å². The average Bonchev–Trinajstić information content (AvgIpc) is 2.08. The molecule has 0 aromatic heterocycles. The van der Waals surface area contributed by atoms with Crippen molar-refractivity contribution in [2.24, 2.45) is 0 Å². The van der Waals surface area contributed by atoms with Crippen LogP contribution >= 0.6 is 15.9 Å². The largest absolute Gasteiger partial charge is 0.229 e. The van der Waals surface area contributed by atoms with Gasteiger partial charge in [-0.25, -0.2) is 17.2 Å². The third kappa shape index (κ3) is 3.52. The van der Waals surface area contributed by atoms with Crippen molar-refractivity contribution in [3.05, 3.63) is 34.9 Å². The topological polar surface area (TPSA) is 34.1 Å². The third-order valence-electron chi connectivity index (χ3n) is 2.06. The summed E-state index contributed by atoms with van der Waals surface area (Å²) < 4.78 is 48.5. The van der Waals surface area contributed by atoms with Crippen molar-refractivity contribution < 1.29 is 17.2 Å². The Bertz CT molecular complexity index is 500. The van der Waals surface area contributed by atoms with Crippen molar-refractivity contribution >= 4 is 25.8 Å². The van der Waals surface area contributed by atoms with Crippen molar-refractivity contribution in [1.29, 1.82) is 0 Å². The van der Waals surface area contributed by atoms with Crippen LogP contribution < -0.4 is 0 Å². The maximum Gasteiger partial charge on any atom is 0.148 e. The van der Waals surface area contributed by atoms with Gasteiger partial charge in [-0.3, -0.25) is 0 Å². The number of hydrogen-bond acceptors (Lipinski definition) is 2. The molecule has 1 atom stereocenters. The molecule has 0 aliphatic heterocycles. The Kier molecular flexibility index (Phi) is 4.07. The highest BCUT2D eigenvalue weighted by molar-refractivity contribution is 9.09. The summed E-state index contributed by atoms with van der Waals surface area (Å²) in [4.78, 5) is -0.665. The molecule has 16 heavy (non-hydrogen) atoms. The van der Waals surface area contributed by atoms with Crippen LogP contribution in [0.15, 0.2) is 12.1 Å². The van der Waals surface area contributed by atoms with Gasteiger partial charge >= 0.3 is 0 Å². The first kappa shape index (κ1) is 13.6. The monoisotopic (exact) mass is 312 g/mol. The minimum atomic E-state index is -3.22. The van der Waals surface area contributed by atoms with E-state index in [0.29, 0.717) is 0 Å². The Morgan fingerprint density at radius 3 is 2.38 bits per heavy atom. The number of benzene rings is 1. The van der Waals surface area contributed by atoms with Crippen LogP contribution in [0, 0.1) is 18.6 Å². The lowest BCUT2D eigenvalue weighted by atomic mass is 10.1. The lowest BCUT2D eigenvalue weighted by Gasteiger charge is -2.11. The van der Waals surface area contributed by atoms with Gasteiger partial charge < -0.3 is 0 Å². The molecule has 0 amide bonds.